The molecule has 1 fully saturated rings. The standard InChI is InChI=1S/C23H24N4O3/c28-20(12-13-21-25-26-22(30-21)18-6-2-1-3-7-18)24-16-17-8-10-19(11-9-17)23(29)27-14-4-5-15-27/h1-3,6-11H,4-5,12-16H2,(H,24,28). The van der Waals surface area contributed by atoms with Crippen LogP contribution in [0, 0.1) is 0 Å². The number of rotatable bonds is 7. The van der Waals surface area contributed by atoms with E-state index < -0.39 is 0 Å². The zero-order valence-corrected chi connectivity index (χ0v) is 16.7. The van der Waals surface area contributed by atoms with Gasteiger partial charge in [0, 0.05) is 43.6 Å². The number of amides is 2. The quantitative estimate of drug-likeness (QED) is 0.653. The molecule has 2 heterocycles. The number of aryl methyl sites for hydroxylation is 1. The molecule has 7 nitrogen and oxygen atoms in total. The maximum atomic E-state index is 12.4. The Labute approximate surface area is 175 Å². The summed E-state index contributed by atoms with van der Waals surface area (Å²) in [5.74, 6) is 0.882. The smallest absolute Gasteiger partial charge is 0.253 e. The minimum Gasteiger partial charge on any atom is -0.421 e. The van der Waals surface area contributed by atoms with Crippen molar-refractivity contribution in [1.29, 1.82) is 0 Å². The average molecular weight is 404 g/mol. The van der Waals surface area contributed by atoms with Gasteiger partial charge in [0.05, 0.1) is 0 Å². The minimum absolute atomic E-state index is 0.0810. The Kier molecular flexibility index (Phi) is 6.17. The molecule has 0 bridgehead atoms. The number of nitrogens with one attached hydrogen (secondary N) is 1. The van der Waals surface area contributed by atoms with Gasteiger partial charge in [0.1, 0.15) is 0 Å². The van der Waals surface area contributed by atoms with Crippen LogP contribution in [-0.4, -0.2) is 40.0 Å². The molecule has 1 N–H and O–H groups in total. The van der Waals surface area contributed by atoms with Gasteiger partial charge in [0.2, 0.25) is 17.7 Å². The van der Waals surface area contributed by atoms with Gasteiger partial charge in [-0.05, 0) is 42.7 Å². The summed E-state index contributed by atoms with van der Waals surface area (Å²) in [5.41, 5.74) is 2.50. The molecule has 1 aliphatic rings. The summed E-state index contributed by atoms with van der Waals surface area (Å²) in [4.78, 5) is 26.4. The van der Waals surface area contributed by atoms with Crippen LogP contribution in [0.4, 0.5) is 0 Å². The van der Waals surface area contributed by atoms with Crippen LogP contribution in [0.2, 0.25) is 0 Å². The van der Waals surface area contributed by atoms with Crippen LogP contribution in [0.5, 0.6) is 0 Å². The number of likely N-dealkylation sites (tertiary alicyclic amines) is 1. The van der Waals surface area contributed by atoms with Crippen molar-refractivity contribution in [2.45, 2.75) is 32.2 Å². The first kappa shape index (κ1) is 19.8. The Morgan fingerprint density at radius 2 is 1.70 bits per heavy atom. The molecule has 1 aromatic heterocycles. The third kappa shape index (κ3) is 4.92. The predicted molar refractivity (Wildman–Crippen MR) is 111 cm³/mol. The highest BCUT2D eigenvalue weighted by Gasteiger charge is 2.19. The fourth-order valence-corrected chi connectivity index (χ4v) is 3.43. The largest absolute Gasteiger partial charge is 0.421 e. The van der Waals surface area contributed by atoms with Gasteiger partial charge in [-0.1, -0.05) is 30.3 Å². The lowest BCUT2D eigenvalue weighted by Gasteiger charge is -2.15. The lowest BCUT2D eigenvalue weighted by atomic mass is 10.1. The van der Waals surface area contributed by atoms with Crippen molar-refractivity contribution in [2.75, 3.05) is 13.1 Å². The molecule has 0 unspecified atom stereocenters. The first-order valence-corrected chi connectivity index (χ1v) is 10.2. The van der Waals surface area contributed by atoms with Gasteiger partial charge in [0.25, 0.3) is 5.91 Å². The number of nitrogens with zero attached hydrogens (tertiary/aromatic N) is 3. The molecule has 7 heteroatoms. The third-order valence-electron chi connectivity index (χ3n) is 5.14. The highest BCUT2D eigenvalue weighted by molar-refractivity contribution is 5.94. The van der Waals surface area contributed by atoms with Crippen LogP contribution in [-0.2, 0) is 17.8 Å². The molecule has 0 atom stereocenters. The third-order valence-corrected chi connectivity index (χ3v) is 5.14. The summed E-state index contributed by atoms with van der Waals surface area (Å²) in [6.45, 7) is 2.09. The second-order valence-corrected chi connectivity index (χ2v) is 7.34. The lowest BCUT2D eigenvalue weighted by molar-refractivity contribution is -0.121. The van der Waals surface area contributed by atoms with Crippen LogP contribution in [0.3, 0.4) is 0 Å². The molecule has 0 saturated carbocycles. The Morgan fingerprint density at radius 3 is 2.43 bits per heavy atom. The van der Waals surface area contributed by atoms with E-state index >= 15 is 0 Å². The van der Waals surface area contributed by atoms with Crippen molar-refractivity contribution in [2.24, 2.45) is 0 Å². The van der Waals surface area contributed by atoms with Crippen molar-refractivity contribution in [1.82, 2.24) is 20.4 Å². The fourth-order valence-electron chi connectivity index (χ4n) is 3.43. The van der Waals surface area contributed by atoms with E-state index in [-0.39, 0.29) is 18.2 Å². The fraction of sp³-hybridized carbons (Fsp3) is 0.304. The number of benzene rings is 2. The van der Waals surface area contributed by atoms with E-state index in [9.17, 15) is 9.59 Å². The summed E-state index contributed by atoms with van der Waals surface area (Å²) in [6.07, 6.45) is 2.80. The van der Waals surface area contributed by atoms with Crippen LogP contribution < -0.4 is 5.32 Å². The molecule has 4 rings (SSSR count). The van der Waals surface area contributed by atoms with Crippen molar-refractivity contribution >= 4 is 11.8 Å². The van der Waals surface area contributed by atoms with Crippen molar-refractivity contribution in [3.63, 3.8) is 0 Å². The molecule has 0 spiro atoms. The van der Waals surface area contributed by atoms with Crippen LogP contribution >= 0.6 is 0 Å². The highest BCUT2D eigenvalue weighted by atomic mass is 16.4. The van der Waals surface area contributed by atoms with Crippen molar-refractivity contribution in [3.8, 4) is 11.5 Å². The van der Waals surface area contributed by atoms with E-state index in [1.54, 1.807) is 0 Å². The van der Waals surface area contributed by atoms with Gasteiger partial charge >= 0.3 is 0 Å². The maximum absolute atomic E-state index is 12.4. The van der Waals surface area contributed by atoms with Crippen LogP contribution in [0.15, 0.2) is 59.0 Å². The normalized spacial score (nSPS) is 13.4. The second kappa shape index (κ2) is 9.35. The lowest BCUT2D eigenvalue weighted by Crippen LogP contribution is -2.27. The first-order valence-electron chi connectivity index (χ1n) is 10.2. The molecule has 0 radical (unpaired) electrons. The van der Waals surface area contributed by atoms with E-state index in [2.05, 4.69) is 15.5 Å². The Hall–Kier alpha value is -3.48. The summed E-state index contributed by atoms with van der Waals surface area (Å²) < 4.78 is 5.62. The van der Waals surface area contributed by atoms with Crippen molar-refractivity contribution in [3.05, 3.63) is 71.6 Å². The SMILES string of the molecule is O=C(CCc1nnc(-c2ccccc2)o1)NCc1ccc(C(=O)N2CCCC2)cc1. The van der Waals surface area contributed by atoms with E-state index in [0.717, 1.165) is 37.1 Å². The second-order valence-electron chi connectivity index (χ2n) is 7.34. The molecule has 0 aliphatic carbocycles. The number of hydrogen-bond donors (Lipinski definition) is 1. The van der Waals surface area contributed by atoms with E-state index in [1.807, 2.05) is 59.5 Å². The predicted octanol–water partition coefficient (Wildman–Crippen LogP) is 3.22. The summed E-state index contributed by atoms with van der Waals surface area (Å²) in [7, 11) is 0. The minimum atomic E-state index is -0.0910. The summed E-state index contributed by atoms with van der Waals surface area (Å²) >= 11 is 0. The van der Waals surface area contributed by atoms with Crippen LogP contribution in [0.25, 0.3) is 11.5 Å². The van der Waals surface area contributed by atoms with Gasteiger partial charge in [0.15, 0.2) is 0 Å². The first-order chi connectivity index (χ1) is 14.7. The maximum Gasteiger partial charge on any atom is 0.253 e. The molecule has 2 amide bonds. The molecule has 1 aliphatic heterocycles. The molecular weight excluding hydrogens is 380 g/mol. The average Bonchev–Trinajstić information content (AvgIpc) is 3.49. The van der Waals surface area contributed by atoms with Crippen molar-refractivity contribution < 1.29 is 14.0 Å². The Balaban J connectivity index is 1.23. The van der Waals surface area contributed by atoms with Gasteiger partial charge in [-0.2, -0.15) is 0 Å². The molecule has 3 aromatic rings. The zero-order chi connectivity index (χ0) is 20.8. The number of aromatic nitrogens is 2. The molecule has 154 valence electrons. The Bertz CT molecular complexity index is 993. The zero-order valence-electron chi connectivity index (χ0n) is 16.7. The van der Waals surface area contributed by atoms with E-state index in [1.165, 1.54) is 0 Å². The number of hydrogen-bond acceptors (Lipinski definition) is 5. The number of carbonyl (C=O) groups is 2. The van der Waals surface area contributed by atoms with Crippen LogP contribution in [0.1, 0.15) is 41.1 Å². The van der Waals surface area contributed by atoms with Gasteiger partial charge in [-0.25, -0.2) is 0 Å². The van der Waals surface area contributed by atoms with E-state index in [0.29, 0.717) is 30.3 Å². The molecular formula is C23H24N4O3. The Morgan fingerprint density at radius 1 is 0.967 bits per heavy atom. The van der Waals surface area contributed by atoms with Gasteiger partial charge < -0.3 is 14.6 Å². The molecule has 30 heavy (non-hydrogen) atoms. The van der Waals surface area contributed by atoms with E-state index in [4.69, 9.17) is 4.42 Å². The van der Waals surface area contributed by atoms with Gasteiger partial charge in [-0.15, -0.1) is 10.2 Å². The summed E-state index contributed by atoms with van der Waals surface area (Å²) in [6, 6.07) is 16.9. The molecule has 2 aromatic carbocycles. The summed E-state index contributed by atoms with van der Waals surface area (Å²) in [5, 5.41) is 10.9. The topological polar surface area (TPSA) is 88.3 Å². The molecule has 1 saturated heterocycles. The highest BCUT2D eigenvalue weighted by Crippen LogP contribution is 2.17. The monoisotopic (exact) mass is 404 g/mol. The number of carbonyl (C=O) groups excluding carboxylic acids is 2. The van der Waals surface area contributed by atoms with Gasteiger partial charge in [-0.3, -0.25) is 9.59 Å².